The molecule has 0 aliphatic heterocycles. The van der Waals surface area contributed by atoms with Crippen molar-refractivity contribution in [2.24, 2.45) is 0 Å². The predicted molar refractivity (Wildman–Crippen MR) is 130 cm³/mol. The second-order valence-corrected chi connectivity index (χ2v) is 7.74. The highest BCUT2D eigenvalue weighted by Gasteiger charge is 2.31. The van der Waals surface area contributed by atoms with Gasteiger partial charge >= 0.3 is 11.9 Å². The van der Waals surface area contributed by atoms with Crippen molar-refractivity contribution < 1.29 is 33.3 Å². The largest absolute Gasteiger partial charge is 0.490 e. The molecule has 0 radical (unpaired) electrons. The summed E-state index contributed by atoms with van der Waals surface area (Å²) in [4.78, 5) is 23.2. The molecule has 0 aliphatic carbocycles. The fraction of sp³-hybridized carbons (Fsp3) is 0.333. The summed E-state index contributed by atoms with van der Waals surface area (Å²) in [6.45, 7) is 17.0. The molecule has 0 N–H and O–H groups in total. The Kier molecular flexibility index (Phi) is 9.30. The SMILES string of the molecule is C=CC(=O)Oc1ccc(C(C)(C)c2ccc(OC(C)OC(=O)C=C)cc2)c(OCC)c1OCC. The van der Waals surface area contributed by atoms with Crippen molar-refractivity contribution in [2.45, 2.75) is 46.3 Å². The summed E-state index contributed by atoms with van der Waals surface area (Å²) in [5.41, 5.74) is 1.34. The van der Waals surface area contributed by atoms with Gasteiger partial charge in [-0.25, -0.2) is 9.59 Å². The van der Waals surface area contributed by atoms with Gasteiger partial charge < -0.3 is 23.7 Å². The van der Waals surface area contributed by atoms with E-state index in [1.54, 1.807) is 25.1 Å². The van der Waals surface area contributed by atoms with Gasteiger partial charge in [-0.3, -0.25) is 0 Å². The van der Waals surface area contributed by atoms with Crippen LogP contribution in [0.25, 0.3) is 0 Å². The predicted octanol–water partition coefficient (Wildman–Crippen LogP) is 5.36. The van der Waals surface area contributed by atoms with Gasteiger partial charge in [-0.1, -0.05) is 45.2 Å². The van der Waals surface area contributed by atoms with E-state index in [9.17, 15) is 9.59 Å². The van der Waals surface area contributed by atoms with Crippen LogP contribution in [-0.2, 0) is 19.7 Å². The molecule has 0 fully saturated rings. The van der Waals surface area contributed by atoms with E-state index < -0.39 is 23.6 Å². The van der Waals surface area contributed by atoms with Gasteiger partial charge in [0.2, 0.25) is 12.0 Å². The Morgan fingerprint density at radius 2 is 1.50 bits per heavy atom. The summed E-state index contributed by atoms with van der Waals surface area (Å²) in [5.74, 6) is 0.550. The van der Waals surface area contributed by atoms with E-state index in [1.165, 1.54) is 0 Å². The number of esters is 2. The highest BCUT2D eigenvalue weighted by Crippen LogP contribution is 2.47. The van der Waals surface area contributed by atoms with Crippen molar-refractivity contribution in [3.8, 4) is 23.0 Å². The smallest absolute Gasteiger partial charge is 0.335 e. The molecule has 7 heteroatoms. The number of benzene rings is 2. The van der Waals surface area contributed by atoms with Crippen molar-refractivity contribution in [3.63, 3.8) is 0 Å². The topological polar surface area (TPSA) is 80.3 Å². The maximum Gasteiger partial charge on any atom is 0.335 e. The molecular weight excluding hydrogens is 436 g/mol. The zero-order chi connectivity index (χ0) is 25.3. The van der Waals surface area contributed by atoms with Gasteiger partial charge in [0.1, 0.15) is 5.75 Å². The van der Waals surface area contributed by atoms with E-state index in [4.69, 9.17) is 23.7 Å². The fourth-order valence-electron chi connectivity index (χ4n) is 3.37. The Morgan fingerprint density at radius 3 is 2.06 bits per heavy atom. The molecule has 0 aromatic heterocycles. The van der Waals surface area contributed by atoms with E-state index in [-0.39, 0.29) is 5.75 Å². The minimum absolute atomic E-state index is 0.265. The van der Waals surface area contributed by atoms with Crippen LogP contribution in [0.4, 0.5) is 0 Å². The highest BCUT2D eigenvalue weighted by molar-refractivity contribution is 5.84. The standard InChI is InChI=1S/C27H32O7/c1-8-23(28)33-18(5)32-20-14-12-19(13-15-20)27(6,7)21-16-17-22(34-24(29)9-2)26(31-11-4)25(21)30-10-3/h8-9,12-18H,1-2,10-11H2,3-7H3. The van der Waals surface area contributed by atoms with E-state index >= 15 is 0 Å². The van der Waals surface area contributed by atoms with Gasteiger partial charge in [0.05, 0.1) is 13.2 Å². The monoisotopic (exact) mass is 468 g/mol. The first-order valence-corrected chi connectivity index (χ1v) is 11.0. The first-order chi connectivity index (χ1) is 16.2. The molecule has 0 amide bonds. The minimum Gasteiger partial charge on any atom is -0.490 e. The molecule has 0 heterocycles. The highest BCUT2D eigenvalue weighted by atomic mass is 16.7. The summed E-state index contributed by atoms with van der Waals surface area (Å²) in [5, 5.41) is 0. The van der Waals surface area contributed by atoms with Crippen molar-refractivity contribution in [2.75, 3.05) is 13.2 Å². The third-order valence-corrected chi connectivity index (χ3v) is 5.03. The third-order valence-electron chi connectivity index (χ3n) is 5.03. The van der Waals surface area contributed by atoms with Crippen LogP contribution in [0, 0.1) is 0 Å². The lowest BCUT2D eigenvalue weighted by Crippen LogP contribution is -2.22. The molecule has 1 unspecified atom stereocenters. The molecule has 0 aliphatic rings. The first-order valence-electron chi connectivity index (χ1n) is 11.0. The van der Waals surface area contributed by atoms with Gasteiger partial charge in [0.25, 0.3) is 0 Å². The Hall–Kier alpha value is -3.74. The molecule has 2 aromatic rings. The molecule has 34 heavy (non-hydrogen) atoms. The van der Waals surface area contributed by atoms with Gasteiger partial charge in [-0.15, -0.1) is 0 Å². The van der Waals surface area contributed by atoms with Crippen LogP contribution in [0.2, 0.25) is 0 Å². The zero-order valence-electron chi connectivity index (χ0n) is 20.4. The lowest BCUT2D eigenvalue weighted by molar-refractivity contribution is -0.154. The average molecular weight is 469 g/mol. The molecule has 0 saturated carbocycles. The number of ether oxygens (including phenoxy) is 5. The second kappa shape index (κ2) is 11.9. The van der Waals surface area contributed by atoms with Gasteiger partial charge in [-0.05, 0) is 37.6 Å². The van der Waals surface area contributed by atoms with Crippen LogP contribution in [-0.4, -0.2) is 31.4 Å². The average Bonchev–Trinajstić information content (AvgIpc) is 2.81. The molecule has 182 valence electrons. The Morgan fingerprint density at radius 1 is 0.912 bits per heavy atom. The summed E-state index contributed by atoms with van der Waals surface area (Å²) in [7, 11) is 0. The van der Waals surface area contributed by atoms with E-state index in [0.29, 0.717) is 30.5 Å². The molecule has 1 atom stereocenters. The molecule has 0 spiro atoms. The summed E-state index contributed by atoms with van der Waals surface area (Å²) in [6, 6.07) is 11.0. The normalized spacial score (nSPS) is 11.7. The third kappa shape index (κ3) is 6.41. The van der Waals surface area contributed by atoms with E-state index in [2.05, 4.69) is 27.0 Å². The molecule has 0 saturated heterocycles. The maximum atomic E-state index is 11.8. The Bertz CT molecular complexity index is 1020. The molecule has 0 bridgehead atoms. The summed E-state index contributed by atoms with van der Waals surface area (Å²) < 4.78 is 27.9. The van der Waals surface area contributed by atoms with Crippen molar-refractivity contribution in [1.29, 1.82) is 0 Å². The van der Waals surface area contributed by atoms with Crippen LogP contribution in [0.15, 0.2) is 61.7 Å². The van der Waals surface area contributed by atoms with Crippen molar-refractivity contribution in [3.05, 3.63) is 72.8 Å². The lowest BCUT2D eigenvalue weighted by atomic mass is 9.77. The van der Waals surface area contributed by atoms with Crippen LogP contribution in [0.1, 0.15) is 45.7 Å². The second-order valence-electron chi connectivity index (χ2n) is 7.74. The summed E-state index contributed by atoms with van der Waals surface area (Å²) in [6.07, 6.45) is 1.42. The van der Waals surface area contributed by atoms with E-state index in [1.807, 2.05) is 32.0 Å². The molecule has 2 rings (SSSR count). The van der Waals surface area contributed by atoms with Crippen LogP contribution in [0.3, 0.4) is 0 Å². The molecule has 7 nitrogen and oxygen atoms in total. The molecular formula is C27H32O7. The van der Waals surface area contributed by atoms with Gasteiger partial charge in [-0.2, -0.15) is 0 Å². The maximum absolute atomic E-state index is 11.8. The Labute approximate surface area is 200 Å². The van der Waals surface area contributed by atoms with Crippen LogP contribution in [0.5, 0.6) is 23.0 Å². The fourth-order valence-corrected chi connectivity index (χ4v) is 3.37. The quantitative estimate of drug-likeness (QED) is 0.180. The number of carbonyl (C=O) groups is 2. The minimum atomic E-state index is -0.756. The van der Waals surface area contributed by atoms with Gasteiger partial charge in [0.15, 0.2) is 11.5 Å². The number of carbonyl (C=O) groups excluding carboxylic acids is 2. The molecule has 2 aromatic carbocycles. The number of hydrogen-bond donors (Lipinski definition) is 0. The first kappa shape index (κ1) is 26.5. The van der Waals surface area contributed by atoms with Crippen LogP contribution >= 0.6 is 0 Å². The van der Waals surface area contributed by atoms with E-state index in [0.717, 1.165) is 23.3 Å². The number of rotatable bonds is 12. The van der Waals surface area contributed by atoms with Crippen molar-refractivity contribution >= 4 is 11.9 Å². The number of hydrogen-bond acceptors (Lipinski definition) is 7. The lowest BCUT2D eigenvalue weighted by Gasteiger charge is -2.30. The van der Waals surface area contributed by atoms with Crippen LogP contribution < -0.4 is 18.9 Å². The zero-order valence-corrected chi connectivity index (χ0v) is 20.4. The summed E-state index contributed by atoms with van der Waals surface area (Å²) >= 11 is 0. The Balaban J connectivity index is 2.43. The van der Waals surface area contributed by atoms with Gasteiger partial charge in [0, 0.05) is 30.1 Å². The van der Waals surface area contributed by atoms with Crippen molar-refractivity contribution in [1.82, 2.24) is 0 Å².